The smallest absolute Gasteiger partial charge is 0.241 e. The summed E-state index contributed by atoms with van der Waals surface area (Å²) in [5.41, 5.74) is 0.515. The molecule has 1 aromatic carbocycles. The molecule has 144 valence electrons. The monoisotopic (exact) mass is 399 g/mol. The van der Waals surface area contributed by atoms with E-state index in [4.69, 9.17) is 23.2 Å². The third-order valence-electron chi connectivity index (χ3n) is 4.84. The van der Waals surface area contributed by atoms with Crippen molar-refractivity contribution in [3.8, 4) is 0 Å². The number of nitrogens with zero attached hydrogens (tertiary/aromatic N) is 1. The molecule has 0 spiro atoms. The molecule has 5 nitrogen and oxygen atoms in total. The zero-order chi connectivity index (χ0) is 19.1. The quantitative estimate of drug-likeness (QED) is 0.682. The molecule has 1 unspecified atom stereocenters. The molecule has 0 saturated carbocycles. The van der Waals surface area contributed by atoms with Crippen LogP contribution in [0.25, 0.3) is 0 Å². The number of carbonyl (C=O) groups excluding carboxylic acids is 2. The predicted octanol–water partition coefficient (Wildman–Crippen LogP) is 3.95. The number of likely N-dealkylation sites (tertiary alicyclic amines) is 1. The van der Waals surface area contributed by atoms with E-state index in [-0.39, 0.29) is 23.8 Å². The molecule has 2 amide bonds. The summed E-state index contributed by atoms with van der Waals surface area (Å²) in [6.45, 7) is 6.17. The third-order valence-corrected chi connectivity index (χ3v) is 5.41. The van der Waals surface area contributed by atoms with Gasteiger partial charge in [-0.1, -0.05) is 36.5 Å². The minimum Gasteiger partial charge on any atom is -0.356 e. The van der Waals surface area contributed by atoms with Crippen molar-refractivity contribution in [2.24, 2.45) is 5.92 Å². The van der Waals surface area contributed by atoms with E-state index in [0.29, 0.717) is 15.7 Å². The van der Waals surface area contributed by atoms with Crippen molar-refractivity contribution in [3.63, 3.8) is 0 Å². The highest BCUT2D eigenvalue weighted by Gasteiger charge is 2.29. The van der Waals surface area contributed by atoms with Gasteiger partial charge in [0.1, 0.15) is 0 Å². The lowest BCUT2D eigenvalue weighted by molar-refractivity contribution is -0.127. The molecule has 1 aliphatic heterocycles. The summed E-state index contributed by atoms with van der Waals surface area (Å²) in [6, 6.07) is 4.68. The zero-order valence-electron chi connectivity index (χ0n) is 15.4. The Morgan fingerprint density at radius 3 is 2.62 bits per heavy atom. The SMILES string of the molecule is CCCCNC(=O)C1CCN(C(C)C(=O)Nc2cc(Cl)ccc2Cl)CC1. The first-order valence-electron chi connectivity index (χ1n) is 9.20. The number of halogens is 2. The van der Waals surface area contributed by atoms with Crippen molar-refractivity contribution in [2.75, 3.05) is 25.0 Å². The Morgan fingerprint density at radius 2 is 1.96 bits per heavy atom. The van der Waals surface area contributed by atoms with Gasteiger partial charge in [-0.3, -0.25) is 14.5 Å². The molecule has 1 fully saturated rings. The first-order valence-corrected chi connectivity index (χ1v) is 9.95. The number of anilines is 1. The van der Waals surface area contributed by atoms with Crippen molar-refractivity contribution < 1.29 is 9.59 Å². The molecule has 1 aliphatic rings. The number of hydrogen-bond acceptors (Lipinski definition) is 3. The van der Waals surface area contributed by atoms with Gasteiger partial charge < -0.3 is 10.6 Å². The van der Waals surface area contributed by atoms with E-state index in [1.54, 1.807) is 18.2 Å². The Labute approximate surface area is 165 Å². The Balaban J connectivity index is 1.83. The molecule has 2 rings (SSSR count). The van der Waals surface area contributed by atoms with Crippen molar-refractivity contribution in [1.82, 2.24) is 10.2 Å². The molecule has 1 heterocycles. The molecule has 0 radical (unpaired) electrons. The van der Waals surface area contributed by atoms with Gasteiger partial charge in [0, 0.05) is 17.5 Å². The summed E-state index contributed by atoms with van der Waals surface area (Å²) in [7, 11) is 0. The highest BCUT2D eigenvalue weighted by molar-refractivity contribution is 6.35. The van der Waals surface area contributed by atoms with Crippen LogP contribution < -0.4 is 10.6 Å². The van der Waals surface area contributed by atoms with Gasteiger partial charge in [-0.05, 0) is 57.5 Å². The number of carbonyl (C=O) groups is 2. The van der Waals surface area contributed by atoms with Gasteiger partial charge in [-0.25, -0.2) is 0 Å². The van der Waals surface area contributed by atoms with Gasteiger partial charge in [-0.2, -0.15) is 0 Å². The first-order chi connectivity index (χ1) is 12.4. The van der Waals surface area contributed by atoms with Crippen molar-refractivity contribution >= 4 is 40.7 Å². The van der Waals surface area contributed by atoms with Crippen LogP contribution in [-0.4, -0.2) is 42.4 Å². The number of hydrogen-bond donors (Lipinski definition) is 2. The average molecular weight is 400 g/mol. The Bertz CT molecular complexity index is 631. The highest BCUT2D eigenvalue weighted by Crippen LogP contribution is 2.26. The van der Waals surface area contributed by atoms with E-state index in [1.165, 1.54) is 0 Å². The van der Waals surface area contributed by atoms with Crippen LogP contribution in [0, 0.1) is 5.92 Å². The number of nitrogens with one attached hydrogen (secondary N) is 2. The molecule has 7 heteroatoms. The molecule has 1 aromatic rings. The molecule has 0 aromatic heterocycles. The number of benzene rings is 1. The molecule has 0 aliphatic carbocycles. The van der Waals surface area contributed by atoms with E-state index in [0.717, 1.165) is 45.3 Å². The van der Waals surface area contributed by atoms with Crippen molar-refractivity contribution in [3.05, 3.63) is 28.2 Å². The van der Waals surface area contributed by atoms with Gasteiger partial charge in [0.2, 0.25) is 11.8 Å². The Kier molecular flexibility index (Phi) is 8.19. The highest BCUT2D eigenvalue weighted by atomic mass is 35.5. The Hall–Kier alpha value is -1.30. The van der Waals surface area contributed by atoms with Crippen LogP contribution in [0.3, 0.4) is 0 Å². The van der Waals surface area contributed by atoms with E-state index >= 15 is 0 Å². The molecule has 1 saturated heterocycles. The lowest BCUT2D eigenvalue weighted by Gasteiger charge is -2.34. The fourth-order valence-electron chi connectivity index (χ4n) is 3.08. The van der Waals surface area contributed by atoms with Crippen LogP contribution in [0.5, 0.6) is 0 Å². The van der Waals surface area contributed by atoms with Crippen LogP contribution in [0.4, 0.5) is 5.69 Å². The van der Waals surface area contributed by atoms with Gasteiger partial charge in [0.15, 0.2) is 0 Å². The van der Waals surface area contributed by atoms with E-state index in [1.807, 2.05) is 6.92 Å². The second-order valence-electron chi connectivity index (χ2n) is 6.74. The van der Waals surface area contributed by atoms with E-state index < -0.39 is 0 Å². The maximum absolute atomic E-state index is 12.5. The van der Waals surface area contributed by atoms with Crippen LogP contribution in [0.1, 0.15) is 39.5 Å². The van der Waals surface area contributed by atoms with Crippen LogP contribution in [0.2, 0.25) is 10.0 Å². The average Bonchev–Trinajstić information content (AvgIpc) is 2.64. The maximum Gasteiger partial charge on any atom is 0.241 e. The van der Waals surface area contributed by atoms with Gasteiger partial charge in [0.05, 0.1) is 16.8 Å². The summed E-state index contributed by atoms with van der Waals surface area (Å²) in [6.07, 6.45) is 3.62. The molecule has 26 heavy (non-hydrogen) atoms. The number of amides is 2. The lowest BCUT2D eigenvalue weighted by atomic mass is 9.95. The first kappa shape index (κ1) is 21.0. The number of rotatable bonds is 7. The molecular weight excluding hydrogens is 373 g/mol. The molecule has 1 atom stereocenters. The summed E-state index contributed by atoms with van der Waals surface area (Å²) >= 11 is 12.1. The fourth-order valence-corrected chi connectivity index (χ4v) is 3.41. The molecule has 0 bridgehead atoms. The third kappa shape index (κ3) is 5.86. The molecular formula is C19H27Cl2N3O2. The van der Waals surface area contributed by atoms with Crippen LogP contribution in [-0.2, 0) is 9.59 Å². The summed E-state index contributed by atoms with van der Waals surface area (Å²) in [5.74, 6) is 0.0571. The zero-order valence-corrected chi connectivity index (χ0v) is 16.9. The van der Waals surface area contributed by atoms with Gasteiger partial charge in [-0.15, -0.1) is 0 Å². The fraction of sp³-hybridized carbons (Fsp3) is 0.579. The number of piperidine rings is 1. The van der Waals surface area contributed by atoms with E-state index in [9.17, 15) is 9.59 Å². The normalized spacial score (nSPS) is 16.9. The lowest BCUT2D eigenvalue weighted by Crippen LogP contribution is -2.48. The number of unbranched alkanes of at least 4 members (excludes halogenated alkanes) is 1. The second kappa shape index (κ2) is 10.1. The van der Waals surface area contributed by atoms with Crippen LogP contribution >= 0.6 is 23.2 Å². The van der Waals surface area contributed by atoms with Crippen molar-refractivity contribution in [1.29, 1.82) is 0 Å². The standard InChI is InChI=1S/C19H27Cl2N3O2/c1-3-4-9-22-19(26)14-7-10-24(11-8-14)13(2)18(25)23-17-12-15(20)5-6-16(17)21/h5-6,12-14H,3-4,7-11H2,1-2H3,(H,22,26)(H,23,25). The van der Waals surface area contributed by atoms with Crippen LogP contribution in [0.15, 0.2) is 18.2 Å². The predicted molar refractivity (Wildman–Crippen MR) is 107 cm³/mol. The minimum absolute atomic E-state index is 0.0424. The second-order valence-corrected chi connectivity index (χ2v) is 7.59. The summed E-state index contributed by atoms with van der Waals surface area (Å²) in [5, 5.41) is 6.82. The summed E-state index contributed by atoms with van der Waals surface area (Å²) in [4.78, 5) is 26.8. The summed E-state index contributed by atoms with van der Waals surface area (Å²) < 4.78 is 0. The Morgan fingerprint density at radius 1 is 1.27 bits per heavy atom. The largest absolute Gasteiger partial charge is 0.356 e. The minimum atomic E-state index is -0.297. The van der Waals surface area contributed by atoms with E-state index in [2.05, 4.69) is 22.5 Å². The maximum atomic E-state index is 12.5. The topological polar surface area (TPSA) is 61.4 Å². The molecule has 2 N–H and O–H groups in total. The van der Waals surface area contributed by atoms with Crippen molar-refractivity contribution in [2.45, 2.75) is 45.6 Å². The van der Waals surface area contributed by atoms with Gasteiger partial charge >= 0.3 is 0 Å². The van der Waals surface area contributed by atoms with Gasteiger partial charge in [0.25, 0.3) is 0 Å².